The van der Waals surface area contributed by atoms with Gasteiger partial charge in [-0.15, -0.1) is 0 Å². The standard InChI is InChI=1S/C27H18Cl2N4O5S/c1-37-20-11-9-19(10-12-20)33-24(26(36)38-31-33)23(34)15-39-27-30-22(13-16-7-8-17(28)14-21(16)29)25(35)32(27)18-5-3-2-4-6-18/h2-14H,15H2,1H3/b22-13+. The molecule has 9 nitrogen and oxygen atoms in total. The Morgan fingerprint density at radius 2 is 1.87 bits per heavy atom. The van der Waals surface area contributed by atoms with Crippen LogP contribution >= 0.6 is 35.0 Å². The van der Waals surface area contributed by atoms with Crippen molar-refractivity contribution < 1.29 is 28.6 Å². The van der Waals surface area contributed by atoms with Gasteiger partial charge in [0.05, 0.1) is 23.8 Å². The lowest BCUT2D eigenvalue weighted by Crippen LogP contribution is -2.39. The molecule has 0 fully saturated rings. The average molecular weight is 581 g/mol. The van der Waals surface area contributed by atoms with Crippen LogP contribution in [0.25, 0.3) is 11.8 Å². The molecule has 1 amide bonds. The van der Waals surface area contributed by atoms with Crippen molar-refractivity contribution in [2.75, 3.05) is 17.8 Å². The normalized spacial score (nSPS) is 14.1. The van der Waals surface area contributed by atoms with Gasteiger partial charge in [-0.2, -0.15) is 0 Å². The fraction of sp³-hybridized carbons (Fsp3) is 0.0741. The third-order valence-corrected chi connectivity index (χ3v) is 7.12. The van der Waals surface area contributed by atoms with Crippen molar-refractivity contribution in [2.24, 2.45) is 4.99 Å². The predicted molar refractivity (Wildman–Crippen MR) is 147 cm³/mol. The van der Waals surface area contributed by atoms with E-state index in [2.05, 4.69) is 10.3 Å². The molecule has 12 heteroatoms. The van der Waals surface area contributed by atoms with Crippen molar-refractivity contribution in [2.45, 2.75) is 0 Å². The van der Waals surface area contributed by atoms with E-state index in [9.17, 15) is 14.7 Å². The third-order valence-electron chi connectivity index (χ3n) is 5.62. The molecule has 2 heterocycles. The van der Waals surface area contributed by atoms with Gasteiger partial charge in [0.2, 0.25) is 11.5 Å². The van der Waals surface area contributed by atoms with Crippen molar-refractivity contribution in [1.29, 1.82) is 0 Å². The minimum Gasteiger partial charge on any atom is -0.539 e. The van der Waals surface area contributed by atoms with E-state index in [1.54, 1.807) is 72.8 Å². The highest BCUT2D eigenvalue weighted by atomic mass is 35.5. The first-order valence-corrected chi connectivity index (χ1v) is 13.1. The Balaban J connectivity index is 1.44. The lowest BCUT2D eigenvalue weighted by molar-refractivity contribution is -0.672. The zero-order valence-electron chi connectivity index (χ0n) is 20.2. The summed E-state index contributed by atoms with van der Waals surface area (Å²) in [7, 11) is 1.53. The maximum absolute atomic E-state index is 13.4. The second-order valence-electron chi connectivity index (χ2n) is 8.10. The van der Waals surface area contributed by atoms with E-state index in [4.69, 9.17) is 32.5 Å². The van der Waals surface area contributed by atoms with Crippen LogP contribution in [0.2, 0.25) is 10.0 Å². The van der Waals surface area contributed by atoms with E-state index in [1.807, 2.05) is 6.07 Å². The smallest absolute Gasteiger partial charge is 0.307 e. The number of methoxy groups -OCH3 is 1. The number of carbonyl (C=O) groups excluding carboxylic acids is 2. The van der Waals surface area contributed by atoms with Gasteiger partial charge in [-0.1, -0.05) is 59.2 Å². The number of hydrogen-bond acceptors (Lipinski definition) is 8. The second kappa shape index (κ2) is 11.3. The number of Topliss-reactive ketones (excluding diaryl/α,β-unsaturated/α-hetero) is 1. The molecular weight excluding hydrogens is 563 g/mol. The Hall–Kier alpha value is -4.12. The first kappa shape index (κ1) is 26.5. The summed E-state index contributed by atoms with van der Waals surface area (Å²) >= 11 is 13.3. The molecule has 0 saturated heterocycles. The minimum absolute atomic E-state index is 0.126. The number of nitrogens with zero attached hydrogens (tertiary/aromatic N) is 4. The fourth-order valence-electron chi connectivity index (χ4n) is 3.74. The van der Waals surface area contributed by atoms with Crippen LogP contribution in [0.4, 0.5) is 5.69 Å². The Bertz CT molecular complexity index is 1620. The molecule has 1 aliphatic rings. The van der Waals surface area contributed by atoms with Gasteiger partial charge in [0, 0.05) is 22.2 Å². The third kappa shape index (κ3) is 5.53. The van der Waals surface area contributed by atoms with Crippen molar-refractivity contribution in [3.8, 4) is 17.4 Å². The van der Waals surface area contributed by atoms with Crippen molar-refractivity contribution >= 4 is 63.6 Å². The van der Waals surface area contributed by atoms with Crippen LogP contribution in [-0.2, 0) is 4.79 Å². The number of carbonyl (C=O) groups is 2. The van der Waals surface area contributed by atoms with Gasteiger partial charge in [-0.05, 0) is 52.7 Å². The SMILES string of the molecule is COc1ccc(-[n+]2noc([O-])c2C(=O)CSC2=N/C(=C/c3ccc(Cl)cc3Cl)C(=O)N2c2ccccc2)cc1. The molecule has 5 rings (SSSR count). The largest absolute Gasteiger partial charge is 0.539 e. The summed E-state index contributed by atoms with van der Waals surface area (Å²) in [6.45, 7) is 0. The van der Waals surface area contributed by atoms with Crippen LogP contribution in [0.1, 0.15) is 16.1 Å². The molecule has 0 radical (unpaired) electrons. The minimum atomic E-state index is -0.876. The first-order valence-electron chi connectivity index (χ1n) is 11.4. The summed E-state index contributed by atoms with van der Waals surface area (Å²) in [5.74, 6) is -1.44. The van der Waals surface area contributed by atoms with Crippen LogP contribution in [0, 0.1) is 0 Å². The van der Waals surface area contributed by atoms with E-state index < -0.39 is 17.6 Å². The number of amides is 1. The molecule has 0 unspecified atom stereocenters. The molecule has 0 N–H and O–H groups in total. The quantitative estimate of drug-likeness (QED) is 0.177. The summed E-state index contributed by atoms with van der Waals surface area (Å²) in [5.41, 5.74) is 1.44. The summed E-state index contributed by atoms with van der Waals surface area (Å²) < 4.78 is 11.1. The maximum atomic E-state index is 13.4. The first-order chi connectivity index (χ1) is 18.9. The Morgan fingerprint density at radius 1 is 1.13 bits per heavy atom. The topological polar surface area (TPSA) is 112 Å². The van der Waals surface area contributed by atoms with Crippen molar-refractivity contribution in [3.63, 3.8) is 0 Å². The molecule has 1 aromatic heterocycles. The molecule has 196 valence electrons. The van der Waals surface area contributed by atoms with Crippen LogP contribution < -0.4 is 19.4 Å². The van der Waals surface area contributed by atoms with Crippen molar-refractivity contribution in [3.05, 3.63) is 99.8 Å². The summed E-state index contributed by atoms with van der Waals surface area (Å²) in [6, 6.07) is 20.4. The van der Waals surface area contributed by atoms with Gasteiger partial charge in [0.1, 0.15) is 11.4 Å². The molecule has 0 atom stereocenters. The van der Waals surface area contributed by atoms with Gasteiger partial charge in [-0.25, -0.2) is 4.99 Å². The van der Waals surface area contributed by atoms with Crippen LogP contribution in [-0.4, -0.2) is 35.0 Å². The number of ketones is 1. The Labute approximate surface area is 236 Å². The summed E-state index contributed by atoms with van der Waals surface area (Å²) in [6.07, 6.45) is 1.56. The second-order valence-corrected chi connectivity index (χ2v) is 9.88. The number of ether oxygens (including phenoxy) is 1. The summed E-state index contributed by atoms with van der Waals surface area (Å²) in [4.78, 5) is 32.5. The highest BCUT2D eigenvalue weighted by Gasteiger charge is 2.34. The Kier molecular flexibility index (Phi) is 7.69. The zero-order valence-corrected chi connectivity index (χ0v) is 22.5. The molecule has 0 bridgehead atoms. The molecule has 39 heavy (non-hydrogen) atoms. The number of anilines is 1. The van der Waals surface area contributed by atoms with Crippen LogP contribution in [0.3, 0.4) is 0 Å². The lowest BCUT2D eigenvalue weighted by atomic mass is 10.2. The lowest BCUT2D eigenvalue weighted by Gasteiger charge is -2.17. The van der Waals surface area contributed by atoms with E-state index in [-0.39, 0.29) is 22.3 Å². The monoisotopic (exact) mass is 580 g/mol. The van der Waals surface area contributed by atoms with E-state index >= 15 is 0 Å². The molecule has 0 saturated carbocycles. The maximum Gasteiger partial charge on any atom is 0.307 e. The van der Waals surface area contributed by atoms with Gasteiger partial charge < -0.3 is 14.4 Å². The number of benzene rings is 3. The highest BCUT2D eigenvalue weighted by Crippen LogP contribution is 2.31. The molecule has 0 aliphatic carbocycles. The van der Waals surface area contributed by atoms with Crippen molar-refractivity contribution in [1.82, 2.24) is 5.27 Å². The van der Waals surface area contributed by atoms with E-state index in [0.717, 1.165) is 16.4 Å². The van der Waals surface area contributed by atoms with Crippen LogP contribution in [0.15, 0.2) is 88.0 Å². The van der Waals surface area contributed by atoms with Gasteiger partial charge in [0.15, 0.2) is 11.1 Å². The Morgan fingerprint density at radius 3 is 2.56 bits per heavy atom. The number of thioether (sulfide) groups is 1. The molecular formula is C27H18Cl2N4O5S. The van der Waals surface area contributed by atoms with E-state index in [1.165, 1.54) is 12.0 Å². The molecule has 4 aromatic rings. The number of aliphatic imine (C=N–C) groups is 1. The van der Waals surface area contributed by atoms with Crippen LogP contribution in [0.5, 0.6) is 11.7 Å². The number of amidine groups is 1. The van der Waals surface area contributed by atoms with Gasteiger partial charge in [0.25, 0.3) is 5.91 Å². The van der Waals surface area contributed by atoms with Gasteiger partial charge in [-0.3, -0.25) is 14.5 Å². The highest BCUT2D eigenvalue weighted by molar-refractivity contribution is 8.14. The molecule has 1 aliphatic heterocycles. The number of halogens is 2. The number of para-hydroxylation sites is 1. The predicted octanol–water partition coefficient (Wildman–Crippen LogP) is 4.70. The average Bonchev–Trinajstić information content (AvgIpc) is 3.48. The summed E-state index contributed by atoms with van der Waals surface area (Å²) in [5, 5.41) is 17.2. The van der Waals surface area contributed by atoms with Gasteiger partial charge >= 0.3 is 5.69 Å². The molecule has 0 spiro atoms. The zero-order chi connectivity index (χ0) is 27.5. The van der Waals surface area contributed by atoms with E-state index in [0.29, 0.717) is 32.7 Å². The fourth-order valence-corrected chi connectivity index (χ4v) is 5.08. The number of rotatable bonds is 7. The molecule has 3 aromatic carbocycles. The number of aromatic nitrogens is 2. The number of hydrogen-bond donors (Lipinski definition) is 0.